The first-order valence-corrected chi connectivity index (χ1v) is 4.28. The third-order valence-electron chi connectivity index (χ3n) is 2.11. The molecule has 1 aromatic heterocycles. The fourth-order valence-electron chi connectivity index (χ4n) is 1.47. The zero-order valence-electron chi connectivity index (χ0n) is 7.16. The van der Waals surface area contributed by atoms with E-state index in [9.17, 15) is 4.79 Å². The monoisotopic (exact) mass is 181 g/mol. The fourth-order valence-corrected chi connectivity index (χ4v) is 1.47. The average molecular weight is 181 g/mol. The molecule has 0 fully saturated rings. The highest BCUT2D eigenvalue weighted by atomic mass is 16.4. The summed E-state index contributed by atoms with van der Waals surface area (Å²) < 4.78 is 1.77. The number of aryl methyl sites for hydroxylation is 1. The number of carboxylic acids is 1. The number of aromatic nitrogens is 2. The van der Waals surface area contributed by atoms with Crippen molar-refractivity contribution in [1.82, 2.24) is 15.1 Å². The summed E-state index contributed by atoms with van der Waals surface area (Å²) in [5.41, 5.74) is 1.09. The molecule has 0 saturated heterocycles. The lowest BCUT2D eigenvalue weighted by Gasteiger charge is -1.98. The predicted molar refractivity (Wildman–Crippen MR) is 45.5 cm³/mol. The van der Waals surface area contributed by atoms with Crippen molar-refractivity contribution in [2.24, 2.45) is 0 Å². The molecular weight excluding hydrogens is 170 g/mol. The average Bonchev–Trinajstić information content (AvgIpc) is 2.38. The molecule has 0 atom stereocenters. The number of rotatable bonds is 1. The van der Waals surface area contributed by atoms with Gasteiger partial charge in [0, 0.05) is 13.1 Å². The van der Waals surface area contributed by atoms with Gasteiger partial charge in [-0.25, -0.2) is 4.79 Å². The number of fused-ring (bicyclic) bond motifs is 1. The van der Waals surface area contributed by atoms with Gasteiger partial charge in [-0.05, 0) is 19.0 Å². The van der Waals surface area contributed by atoms with Gasteiger partial charge in [-0.3, -0.25) is 4.68 Å². The lowest BCUT2D eigenvalue weighted by molar-refractivity contribution is 0.0689. The Hall–Kier alpha value is -1.36. The van der Waals surface area contributed by atoms with Crippen LogP contribution in [0, 0.1) is 0 Å². The fraction of sp³-hybridized carbons (Fsp3) is 0.500. The van der Waals surface area contributed by atoms with Gasteiger partial charge in [0.1, 0.15) is 0 Å². The van der Waals surface area contributed by atoms with E-state index in [1.54, 1.807) is 10.7 Å². The summed E-state index contributed by atoms with van der Waals surface area (Å²) >= 11 is 0. The molecule has 1 aromatic rings. The minimum atomic E-state index is -0.958. The number of hydrogen-bond acceptors (Lipinski definition) is 3. The number of aromatic carboxylic acids is 1. The largest absolute Gasteiger partial charge is 0.476 e. The molecule has 0 aromatic carbocycles. The van der Waals surface area contributed by atoms with Gasteiger partial charge in [0.25, 0.3) is 0 Å². The van der Waals surface area contributed by atoms with Crippen LogP contribution in [0.15, 0.2) is 6.07 Å². The molecule has 2 heterocycles. The van der Waals surface area contributed by atoms with E-state index in [-0.39, 0.29) is 5.69 Å². The van der Waals surface area contributed by atoms with Gasteiger partial charge in [0.15, 0.2) is 5.69 Å². The van der Waals surface area contributed by atoms with Crippen LogP contribution in [0.5, 0.6) is 0 Å². The molecule has 1 aliphatic heterocycles. The Morgan fingerprint density at radius 3 is 3.31 bits per heavy atom. The van der Waals surface area contributed by atoms with Crippen molar-refractivity contribution in [3.63, 3.8) is 0 Å². The molecule has 0 bridgehead atoms. The molecule has 0 radical (unpaired) electrons. The number of hydrogen-bond donors (Lipinski definition) is 2. The number of carbonyl (C=O) groups is 1. The van der Waals surface area contributed by atoms with Crippen molar-refractivity contribution in [2.75, 3.05) is 6.54 Å². The molecule has 0 unspecified atom stereocenters. The van der Waals surface area contributed by atoms with E-state index in [2.05, 4.69) is 10.4 Å². The number of nitrogens with one attached hydrogen (secondary N) is 1. The summed E-state index contributed by atoms with van der Waals surface area (Å²) in [6.45, 7) is 2.47. The summed E-state index contributed by atoms with van der Waals surface area (Å²) in [5.74, 6) is -0.958. The van der Waals surface area contributed by atoms with E-state index in [0.717, 1.165) is 25.2 Å². The van der Waals surface area contributed by atoms with Crippen molar-refractivity contribution in [2.45, 2.75) is 19.5 Å². The Morgan fingerprint density at radius 2 is 2.54 bits per heavy atom. The summed E-state index contributed by atoms with van der Waals surface area (Å²) in [4.78, 5) is 10.6. The van der Waals surface area contributed by atoms with E-state index in [1.807, 2.05) is 0 Å². The molecule has 0 spiro atoms. The van der Waals surface area contributed by atoms with Crippen LogP contribution in [-0.2, 0) is 13.1 Å². The topological polar surface area (TPSA) is 67.1 Å². The van der Waals surface area contributed by atoms with E-state index < -0.39 is 5.97 Å². The first kappa shape index (κ1) is 8.25. The Labute approximate surface area is 75.4 Å². The molecule has 5 nitrogen and oxygen atoms in total. The molecule has 0 saturated carbocycles. The van der Waals surface area contributed by atoms with Crippen molar-refractivity contribution in [1.29, 1.82) is 0 Å². The Morgan fingerprint density at radius 1 is 1.69 bits per heavy atom. The third-order valence-corrected chi connectivity index (χ3v) is 2.11. The van der Waals surface area contributed by atoms with Crippen molar-refractivity contribution >= 4 is 5.97 Å². The summed E-state index contributed by atoms with van der Waals surface area (Å²) in [6.07, 6.45) is 0.994. The summed E-state index contributed by atoms with van der Waals surface area (Å²) in [6, 6.07) is 1.63. The van der Waals surface area contributed by atoms with E-state index in [1.165, 1.54) is 0 Å². The standard InChI is InChI=1S/C8H11N3O2/c12-8(13)7-4-6-5-9-2-1-3-11(6)10-7/h4,9H,1-3,5H2,(H,12,13). The van der Waals surface area contributed by atoms with Crippen LogP contribution in [-0.4, -0.2) is 27.4 Å². The molecule has 5 heteroatoms. The van der Waals surface area contributed by atoms with E-state index >= 15 is 0 Å². The molecule has 0 aliphatic carbocycles. The third kappa shape index (κ3) is 1.55. The first-order valence-electron chi connectivity index (χ1n) is 4.28. The summed E-state index contributed by atoms with van der Waals surface area (Å²) in [7, 11) is 0. The van der Waals surface area contributed by atoms with Crippen LogP contribution in [0.3, 0.4) is 0 Å². The second-order valence-corrected chi connectivity index (χ2v) is 3.08. The zero-order valence-corrected chi connectivity index (χ0v) is 7.16. The molecule has 2 N–H and O–H groups in total. The quantitative estimate of drug-likeness (QED) is 0.643. The zero-order chi connectivity index (χ0) is 9.26. The van der Waals surface area contributed by atoms with E-state index in [4.69, 9.17) is 5.11 Å². The van der Waals surface area contributed by atoms with Crippen LogP contribution in [0.25, 0.3) is 0 Å². The minimum Gasteiger partial charge on any atom is -0.476 e. The highest BCUT2D eigenvalue weighted by Crippen LogP contribution is 2.07. The molecule has 1 aliphatic rings. The first-order chi connectivity index (χ1) is 6.27. The van der Waals surface area contributed by atoms with Crippen LogP contribution >= 0.6 is 0 Å². The lowest BCUT2D eigenvalue weighted by Crippen LogP contribution is -2.11. The maximum absolute atomic E-state index is 10.6. The Kier molecular flexibility index (Phi) is 2.02. The Bertz CT molecular complexity index is 309. The van der Waals surface area contributed by atoms with Gasteiger partial charge in [0.05, 0.1) is 5.69 Å². The Balaban J connectivity index is 2.32. The normalized spacial score (nSPS) is 16.3. The van der Waals surface area contributed by atoms with Gasteiger partial charge in [-0.15, -0.1) is 0 Å². The van der Waals surface area contributed by atoms with Gasteiger partial charge in [-0.2, -0.15) is 5.10 Å². The molecular formula is C8H11N3O2. The van der Waals surface area contributed by atoms with Gasteiger partial charge in [0.2, 0.25) is 0 Å². The van der Waals surface area contributed by atoms with Gasteiger partial charge in [-0.1, -0.05) is 0 Å². The van der Waals surface area contributed by atoms with E-state index in [0.29, 0.717) is 6.54 Å². The molecule has 0 amide bonds. The van der Waals surface area contributed by atoms with Crippen molar-refractivity contribution in [3.8, 4) is 0 Å². The van der Waals surface area contributed by atoms with Crippen LogP contribution in [0.4, 0.5) is 0 Å². The molecule has 2 rings (SSSR count). The number of nitrogens with zero attached hydrogens (tertiary/aromatic N) is 2. The van der Waals surface area contributed by atoms with Gasteiger partial charge >= 0.3 is 5.97 Å². The second-order valence-electron chi connectivity index (χ2n) is 3.08. The second kappa shape index (κ2) is 3.18. The highest BCUT2D eigenvalue weighted by molar-refractivity contribution is 5.85. The SMILES string of the molecule is O=C(O)c1cc2n(n1)CCCNC2. The molecule has 13 heavy (non-hydrogen) atoms. The van der Waals surface area contributed by atoms with Crippen LogP contribution in [0.1, 0.15) is 22.6 Å². The maximum Gasteiger partial charge on any atom is 0.356 e. The van der Waals surface area contributed by atoms with Crippen molar-refractivity contribution < 1.29 is 9.90 Å². The number of carboxylic acid groups (broad SMARTS) is 1. The summed E-state index contributed by atoms with van der Waals surface area (Å²) in [5, 5.41) is 15.9. The van der Waals surface area contributed by atoms with Crippen LogP contribution < -0.4 is 5.32 Å². The van der Waals surface area contributed by atoms with Crippen molar-refractivity contribution in [3.05, 3.63) is 17.5 Å². The predicted octanol–water partition coefficient (Wildman–Crippen LogP) is 0.0746. The smallest absolute Gasteiger partial charge is 0.356 e. The molecule has 70 valence electrons. The van der Waals surface area contributed by atoms with Crippen LogP contribution in [0.2, 0.25) is 0 Å². The lowest BCUT2D eigenvalue weighted by atomic mass is 10.3. The highest BCUT2D eigenvalue weighted by Gasteiger charge is 2.14. The minimum absolute atomic E-state index is 0.138. The van der Waals surface area contributed by atoms with Gasteiger partial charge < -0.3 is 10.4 Å². The maximum atomic E-state index is 10.6.